The molecule has 1 unspecified atom stereocenters. The number of methoxy groups -OCH3 is 1. The second-order valence-electron chi connectivity index (χ2n) is 7.81. The molecule has 8 nitrogen and oxygen atoms in total. The lowest BCUT2D eigenvalue weighted by molar-refractivity contribution is 0.392. The van der Waals surface area contributed by atoms with E-state index in [2.05, 4.69) is 37.8 Å². The summed E-state index contributed by atoms with van der Waals surface area (Å²) in [7, 11) is 3.45. The maximum atomic E-state index is 5.89. The molecule has 1 aliphatic heterocycles. The van der Waals surface area contributed by atoms with Crippen LogP contribution in [0.4, 0.5) is 0 Å². The van der Waals surface area contributed by atoms with E-state index in [0.29, 0.717) is 6.04 Å². The van der Waals surface area contributed by atoms with E-state index in [0.717, 1.165) is 67.2 Å². The third-order valence-electron chi connectivity index (χ3n) is 5.45. The number of guanidine groups is 1. The lowest BCUT2D eigenvalue weighted by Crippen LogP contribution is -2.47. The van der Waals surface area contributed by atoms with Crippen molar-refractivity contribution in [2.24, 2.45) is 4.99 Å². The zero-order chi connectivity index (χ0) is 22.3. The number of nitrogens with zero attached hydrogens (tertiary/aromatic N) is 4. The third kappa shape index (κ3) is 5.57. The Morgan fingerprint density at radius 2 is 1.78 bits per heavy atom. The van der Waals surface area contributed by atoms with Crippen molar-refractivity contribution in [3.05, 3.63) is 65.7 Å². The Morgan fingerprint density at radius 3 is 2.47 bits per heavy atom. The zero-order valence-corrected chi connectivity index (χ0v) is 18.8. The molecule has 2 N–H and O–H groups in total. The van der Waals surface area contributed by atoms with Gasteiger partial charge in [-0.05, 0) is 61.7 Å². The summed E-state index contributed by atoms with van der Waals surface area (Å²) in [6.07, 6.45) is 2.84. The number of benzene rings is 2. The first-order valence-corrected chi connectivity index (χ1v) is 10.9. The number of nitrogens with one attached hydrogen (secondary N) is 2. The van der Waals surface area contributed by atoms with Gasteiger partial charge in [0.15, 0.2) is 5.96 Å². The van der Waals surface area contributed by atoms with Gasteiger partial charge in [0, 0.05) is 26.1 Å². The summed E-state index contributed by atoms with van der Waals surface area (Å²) in [4.78, 5) is 8.84. The second kappa shape index (κ2) is 10.2. The van der Waals surface area contributed by atoms with Crippen molar-refractivity contribution >= 4 is 5.96 Å². The number of ether oxygens (including phenoxy) is 2. The molecule has 2 aromatic carbocycles. The van der Waals surface area contributed by atoms with E-state index in [4.69, 9.17) is 9.47 Å². The van der Waals surface area contributed by atoms with Crippen molar-refractivity contribution < 1.29 is 9.47 Å². The van der Waals surface area contributed by atoms with Crippen LogP contribution >= 0.6 is 0 Å². The molecule has 4 rings (SSSR count). The molecule has 0 amide bonds. The summed E-state index contributed by atoms with van der Waals surface area (Å²) in [5.74, 6) is 5.13. The van der Waals surface area contributed by atoms with Crippen LogP contribution in [0.15, 0.2) is 53.5 Å². The Kier molecular flexibility index (Phi) is 6.89. The highest BCUT2D eigenvalue weighted by atomic mass is 16.5. The van der Waals surface area contributed by atoms with Crippen molar-refractivity contribution in [3.63, 3.8) is 0 Å². The van der Waals surface area contributed by atoms with E-state index in [-0.39, 0.29) is 0 Å². The van der Waals surface area contributed by atoms with Crippen LogP contribution in [0, 0.1) is 6.92 Å². The van der Waals surface area contributed by atoms with Gasteiger partial charge < -0.3 is 20.1 Å². The molecular weight excluding hydrogens is 404 g/mol. The SMILES string of the molecule is CN=C(NCCc1ccc(Oc2ccc(OC)cc2)cc1)NC1CCc2nc(C)nn2C1. The average Bonchev–Trinajstić information content (AvgIpc) is 3.19. The highest BCUT2D eigenvalue weighted by Gasteiger charge is 2.21. The zero-order valence-electron chi connectivity index (χ0n) is 18.8. The van der Waals surface area contributed by atoms with Crippen LogP contribution < -0.4 is 20.1 Å². The first-order valence-electron chi connectivity index (χ1n) is 10.9. The van der Waals surface area contributed by atoms with Gasteiger partial charge in [-0.15, -0.1) is 0 Å². The fourth-order valence-electron chi connectivity index (χ4n) is 3.77. The van der Waals surface area contributed by atoms with Crippen molar-refractivity contribution in [2.45, 2.75) is 38.8 Å². The topological polar surface area (TPSA) is 85.6 Å². The van der Waals surface area contributed by atoms with E-state index in [1.165, 1.54) is 5.56 Å². The lowest BCUT2D eigenvalue weighted by Gasteiger charge is -2.25. The van der Waals surface area contributed by atoms with Gasteiger partial charge in [-0.1, -0.05) is 12.1 Å². The maximum absolute atomic E-state index is 5.89. The fraction of sp³-hybridized carbons (Fsp3) is 0.375. The maximum Gasteiger partial charge on any atom is 0.191 e. The first kappa shape index (κ1) is 21.7. The van der Waals surface area contributed by atoms with Gasteiger partial charge in [-0.3, -0.25) is 4.99 Å². The minimum absolute atomic E-state index is 0.296. The molecule has 32 heavy (non-hydrogen) atoms. The summed E-state index contributed by atoms with van der Waals surface area (Å²) < 4.78 is 13.1. The largest absolute Gasteiger partial charge is 0.497 e. The van der Waals surface area contributed by atoms with Crippen molar-refractivity contribution in [3.8, 4) is 17.2 Å². The van der Waals surface area contributed by atoms with Crippen LogP contribution in [0.3, 0.4) is 0 Å². The van der Waals surface area contributed by atoms with E-state index < -0.39 is 0 Å². The molecule has 0 aliphatic carbocycles. The van der Waals surface area contributed by atoms with Crippen LogP contribution in [0.2, 0.25) is 0 Å². The quantitative estimate of drug-likeness (QED) is 0.439. The molecule has 0 saturated carbocycles. The number of aliphatic imine (C=N–C) groups is 1. The van der Waals surface area contributed by atoms with Crippen LogP contribution in [0.5, 0.6) is 17.2 Å². The van der Waals surface area contributed by atoms with Gasteiger partial charge in [-0.25, -0.2) is 9.67 Å². The molecule has 1 atom stereocenters. The van der Waals surface area contributed by atoms with Gasteiger partial charge >= 0.3 is 0 Å². The molecule has 168 valence electrons. The molecule has 0 radical (unpaired) electrons. The molecule has 8 heteroatoms. The minimum Gasteiger partial charge on any atom is -0.497 e. The summed E-state index contributed by atoms with van der Waals surface area (Å²) in [5, 5.41) is 11.4. The number of fused-ring (bicyclic) bond motifs is 1. The van der Waals surface area contributed by atoms with E-state index >= 15 is 0 Å². The van der Waals surface area contributed by atoms with Gasteiger partial charge in [0.1, 0.15) is 28.9 Å². The van der Waals surface area contributed by atoms with Crippen molar-refractivity contribution in [1.82, 2.24) is 25.4 Å². The van der Waals surface area contributed by atoms with Crippen LogP contribution in [0.25, 0.3) is 0 Å². The first-order chi connectivity index (χ1) is 15.6. The Bertz CT molecular complexity index is 1040. The summed E-state index contributed by atoms with van der Waals surface area (Å²) >= 11 is 0. The highest BCUT2D eigenvalue weighted by molar-refractivity contribution is 5.79. The highest BCUT2D eigenvalue weighted by Crippen LogP contribution is 2.24. The minimum atomic E-state index is 0.296. The predicted octanol–water partition coefficient (Wildman–Crippen LogP) is 3.11. The predicted molar refractivity (Wildman–Crippen MR) is 125 cm³/mol. The number of hydrogen-bond donors (Lipinski definition) is 2. The Morgan fingerprint density at radius 1 is 1.09 bits per heavy atom. The summed E-state index contributed by atoms with van der Waals surface area (Å²) in [6, 6.07) is 16.0. The second-order valence-corrected chi connectivity index (χ2v) is 7.81. The lowest BCUT2D eigenvalue weighted by atomic mass is 10.1. The Labute approximate surface area is 188 Å². The van der Waals surface area contributed by atoms with Gasteiger partial charge in [0.2, 0.25) is 0 Å². The molecule has 1 aromatic heterocycles. The van der Waals surface area contributed by atoms with Crippen LogP contribution in [-0.4, -0.2) is 47.5 Å². The van der Waals surface area contributed by atoms with E-state index in [1.54, 1.807) is 14.2 Å². The molecule has 0 spiro atoms. The number of rotatable bonds is 7. The third-order valence-corrected chi connectivity index (χ3v) is 5.45. The molecule has 2 heterocycles. The van der Waals surface area contributed by atoms with Crippen molar-refractivity contribution in [1.29, 1.82) is 0 Å². The fourth-order valence-corrected chi connectivity index (χ4v) is 3.77. The normalized spacial score (nSPS) is 15.7. The number of hydrogen-bond acceptors (Lipinski definition) is 5. The molecular formula is C24H30N6O2. The smallest absolute Gasteiger partial charge is 0.191 e. The van der Waals surface area contributed by atoms with Crippen molar-refractivity contribution in [2.75, 3.05) is 20.7 Å². The Hall–Kier alpha value is -3.55. The monoisotopic (exact) mass is 434 g/mol. The van der Waals surface area contributed by atoms with Crippen LogP contribution in [-0.2, 0) is 19.4 Å². The van der Waals surface area contributed by atoms with Gasteiger partial charge in [0.05, 0.1) is 13.7 Å². The molecule has 0 saturated heterocycles. The average molecular weight is 435 g/mol. The number of aromatic nitrogens is 3. The van der Waals surface area contributed by atoms with Gasteiger partial charge in [0.25, 0.3) is 0 Å². The van der Waals surface area contributed by atoms with E-state index in [9.17, 15) is 0 Å². The molecule has 0 fully saturated rings. The number of aryl methyl sites for hydroxylation is 2. The summed E-state index contributed by atoms with van der Waals surface area (Å²) in [6.45, 7) is 3.54. The molecule has 1 aliphatic rings. The standard InChI is InChI=1S/C24H30N6O2/c1-17-27-23-13-6-19(16-30(23)29-17)28-24(25-2)26-15-14-18-4-7-21(8-5-18)32-22-11-9-20(31-3)10-12-22/h4-5,7-12,19H,6,13-16H2,1-3H3,(H2,25,26,28). The summed E-state index contributed by atoms with van der Waals surface area (Å²) in [5.41, 5.74) is 1.23. The molecule has 3 aromatic rings. The van der Waals surface area contributed by atoms with E-state index in [1.807, 2.05) is 48.0 Å². The molecule has 0 bridgehead atoms. The Balaban J connectivity index is 1.22. The van der Waals surface area contributed by atoms with Gasteiger partial charge in [-0.2, -0.15) is 5.10 Å². The van der Waals surface area contributed by atoms with Crippen LogP contribution in [0.1, 0.15) is 23.6 Å².